The quantitative estimate of drug-likeness (QED) is 0.571. The van der Waals surface area contributed by atoms with Crippen molar-refractivity contribution >= 4 is 28.7 Å². The molecule has 0 unspecified atom stereocenters. The van der Waals surface area contributed by atoms with E-state index in [-0.39, 0.29) is 6.61 Å². The van der Waals surface area contributed by atoms with Gasteiger partial charge >= 0.3 is 0 Å². The van der Waals surface area contributed by atoms with Crippen LogP contribution >= 0.6 is 11.6 Å². The first kappa shape index (κ1) is 15.8. The summed E-state index contributed by atoms with van der Waals surface area (Å²) in [6, 6.07) is 0. The Morgan fingerprint density at radius 1 is 1.48 bits per heavy atom. The summed E-state index contributed by atoms with van der Waals surface area (Å²) in [6.07, 6.45) is 1.50. The molecule has 0 aromatic carbocycles. The van der Waals surface area contributed by atoms with Crippen LogP contribution in [0.15, 0.2) is 0 Å². The first-order valence-corrected chi connectivity index (χ1v) is 7.44. The highest BCUT2D eigenvalue weighted by atomic mass is 35.5. The average Bonchev–Trinajstić information content (AvgIpc) is 2.93. The third kappa shape index (κ3) is 3.36. The Morgan fingerprint density at radius 3 is 2.86 bits per heavy atom. The lowest BCUT2D eigenvalue weighted by molar-refractivity contribution is -0.122. The molecule has 0 radical (unpaired) electrons. The Morgan fingerprint density at radius 2 is 2.24 bits per heavy atom. The SMILES string of the molecule is CCc1nn(C)c2c1nc(CCCl)n2CCOCC(N)=O. The van der Waals surface area contributed by atoms with Crippen molar-refractivity contribution in [3.05, 3.63) is 11.5 Å². The highest BCUT2D eigenvalue weighted by molar-refractivity contribution is 6.17. The third-order valence-electron chi connectivity index (χ3n) is 3.23. The molecule has 2 aromatic heterocycles. The summed E-state index contributed by atoms with van der Waals surface area (Å²) >= 11 is 5.85. The number of amides is 1. The Bertz CT molecular complexity index is 634. The first-order valence-electron chi connectivity index (χ1n) is 6.91. The van der Waals surface area contributed by atoms with E-state index >= 15 is 0 Å². The van der Waals surface area contributed by atoms with Crippen molar-refractivity contribution in [3.8, 4) is 0 Å². The number of aryl methyl sites for hydroxylation is 3. The summed E-state index contributed by atoms with van der Waals surface area (Å²) in [5, 5.41) is 4.47. The number of fused-ring (bicyclic) bond motifs is 1. The zero-order chi connectivity index (χ0) is 15.4. The normalized spacial score (nSPS) is 11.4. The molecule has 1 amide bonds. The minimum absolute atomic E-state index is 0.0751. The summed E-state index contributed by atoms with van der Waals surface area (Å²) in [5.74, 6) is 0.936. The van der Waals surface area contributed by atoms with Crippen molar-refractivity contribution in [3.63, 3.8) is 0 Å². The van der Waals surface area contributed by atoms with E-state index in [1.54, 1.807) is 0 Å². The number of alkyl halides is 1. The van der Waals surface area contributed by atoms with E-state index in [4.69, 9.17) is 22.1 Å². The van der Waals surface area contributed by atoms with Crippen molar-refractivity contribution in [2.45, 2.75) is 26.3 Å². The van der Waals surface area contributed by atoms with Crippen LogP contribution in [-0.4, -0.2) is 44.3 Å². The maximum Gasteiger partial charge on any atom is 0.243 e. The molecular formula is C13H20ClN5O2. The molecule has 0 aliphatic rings. The van der Waals surface area contributed by atoms with Crippen LogP contribution in [0.25, 0.3) is 11.2 Å². The van der Waals surface area contributed by atoms with Gasteiger partial charge in [-0.25, -0.2) is 4.98 Å². The monoisotopic (exact) mass is 313 g/mol. The molecule has 8 heteroatoms. The van der Waals surface area contributed by atoms with Crippen LogP contribution in [0.1, 0.15) is 18.4 Å². The fourth-order valence-corrected chi connectivity index (χ4v) is 2.53. The summed E-state index contributed by atoms with van der Waals surface area (Å²) in [5.41, 5.74) is 7.89. The molecule has 0 aliphatic carbocycles. The lowest BCUT2D eigenvalue weighted by Crippen LogP contribution is -2.20. The van der Waals surface area contributed by atoms with Gasteiger partial charge in [0, 0.05) is 25.9 Å². The maximum absolute atomic E-state index is 10.7. The van der Waals surface area contributed by atoms with Crippen molar-refractivity contribution < 1.29 is 9.53 Å². The summed E-state index contributed by atoms with van der Waals surface area (Å²) in [4.78, 5) is 15.3. The number of halogens is 1. The number of hydrogen-bond donors (Lipinski definition) is 1. The number of carbonyl (C=O) groups excluding carboxylic acids is 1. The molecule has 2 heterocycles. The number of rotatable bonds is 8. The van der Waals surface area contributed by atoms with Crippen LogP contribution in [0.3, 0.4) is 0 Å². The van der Waals surface area contributed by atoms with Gasteiger partial charge in [0.15, 0.2) is 5.65 Å². The smallest absolute Gasteiger partial charge is 0.243 e. The van der Waals surface area contributed by atoms with Crippen LogP contribution in [0, 0.1) is 0 Å². The molecule has 2 rings (SSSR count). The van der Waals surface area contributed by atoms with Crippen LogP contribution in [-0.2, 0) is 36.0 Å². The minimum Gasteiger partial charge on any atom is -0.370 e. The van der Waals surface area contributed by atoms with Crippen molar-refractivity contribution in [1.29, 1.82) is 0 Å². The van der Waals surface area contributed by atoms with Crippen LogP contribution in [0.2, 0.25) is 0 Å². The van der Waals surface area contributed by atoms with E-state index in [0.717, 1.165) is 29.1 Å². The van der Waals surface area contributed by atoms with Gasteiger partial charge in [0.05, 0.1) is 12.3 Å². The van der Waals surface area contributed by atoms with E-state index in [1.165, 1.54) is 0 Å². The van der Waals surface area contributed by atoms with Crippen molar-refractivity contribution in [1.82, 2.24) is 19.3 Å². The first-order chi connectivity index (χ1) is 10.1. The highest BCUT2D eigenvalue weighted by Crippen LogP contribution is 2.20. The van der Waals surface area contributed by atoms with E-state index in [1.807, 2.05) is 16.3 Å². The molecule has 116 valence electrons. The van der Waals surface area contributed by atoms with Gasteiger partial charge in [0.25, 0.3) is 0 Å². The van der Waals surface area contributed by atoms with Gasteiger partial charge in [-0.15, -0.1) is 11.6 Å². The van der Waals surface area contributed by atoms with Crippen LogP contribution in [0.5, 0.6) is 0 Å². The molecule has 0 bridgehead atoms. The fraction of sp³-hybridized carbons (Fsp3) is 0.615. The second-order valence-electron chi connectivity index (χ2n) is 4.73. The summed E-state index contributed by atoms with van der Waals surface area (Å²) in [6.45, 7) is 2.95. The molecule has 21 heavy (non-hydrogen) atoms. The summed E-state index contributed by atoms with van der Waals surface area (Å²) < 4.78 is 9.11. The number of primary amides is 1. The van der Waals surface area contributed by atoms with Gasteiger partial charge in [-0.3, -0.25) is 9.48 Å². The largest absolute Gasteiger partial charge is 0.370 e. The Balaban J connectivity index is 2.27. The van der Waals surface area contributed by atoms with E-state index < -0.39 is 5.91 Å². The number of carbonyl (C=O) groups is 1. The highest BCUT2D eigenvalue weighted by Gasteiger charge is 2.17. The van der Waals surface area contributed by atoms with Gasteiger partial charge in [-0.1, -0.05) is 6.92 Å². The molecule has 2 aromatic rings. The van der Waals surface area contributed by atoms with Crippen LogP contribution in [0.4, 0.5) is 0 Å². The summed E-state index contributed by atoms with van der Waals surface area (Å²) in [7, 11) is 1.90. The Labute approximate surface area is 128 Å². The lowest BCUT2D eigenvalue weighted by Gasteiger charge is -2.09. The number of nitrogens with two attached hydrogens (primary N) is 1. The second kappa shape index (κ2) is 6.91. The molecule has 0 spiro atoms. The number of ether oxygens (including phenoxy) is 1. The van der Waals surface area contributed by atoms with Crippen molar-refractivity contribution in [2.24, 2.45) is 12.8 Å². The Kier molecular flexibility index (Phi) is 5.19. The van der Waals surface area contributed by atoms with Crippen LogP contribution < -0.4 is 5.73 Å². The molecular weight excluding hydrogens is 294 g/mol. The topological polar surface area (TPSA) is 88.0 Å². The zero-order valence-electron chi connectivity index (χ0n) is 12.3. The molecule has 0 fully saturated rings. The second-order valence-corrected chi connectivity index (χ2v) is 5.11. The number of hydrogen-bond acceptors (Lipinski definition) is 4. The average molecular weight is 314 g/mol. The lowest BCUT2D eigenvalue weighted by atomic mass is 10.3. The molecule has 0 atom stereocenters. The van der Waals surface area contributed by atoms with Gasteiger partial charge < -0.3 is 15.0 Å². The van der Waals surface area contributed by atoms with Gasteiger partial charge in [-0.2, -0.15) is 5.10 Å². The standard InChI is InChI=1S/C13H20ClN5O2/c1-3-9-12-13(18(2)17-9)19(11(16-12)4-5-14)6-7-21-8-10(15)20/h3-8H2,1-2H3,(H2,15,20). The van der Waals surface area contributed by atoms with Gasteiger partial charge in [0.1, 0.15) is 17.9 Å². The van der Waals surface area contributed by atoms with E-state index in [9.17, 15) is 4.79 Å². The number of imidazole rings is 1. The van der Waals surface area contributed by atoms with E-state index in [2.05, 4.69) is 17.0 Å². The van der Waals surface area contributed by atoms with E-state index in [0.29, 0.717) is 25.5 Å². The van der Waals surface area contributed by atoms with Gasteiger partial charge in [-0.05, 0) is 6.42 Å². The number of aromatic nitrogens is 4. The molecule has 0 saturated carbocycles. The zero-order valence-corrected chi connectivity index (χ0v) is 13.1. The Hall–Kier alpha value is -1.60. The predicted octanol–water partition coefficient (Wildman–Crippen LogP) is 0.615. The molecule has 2 N–H and O–H groups in total. The maximum atomic E-state index is 10.7. The third-order valence-corrected chi connectivity index (χ3v) is 3.42. The predicted molar refractivity (Wildman–Crippen MR) is 80.3 cm³/mol. The molecule has 0 aliphatic heterocycles. The molecule has 7 nitrogen and oxygen atoms in total. The fourth-order valence-electron chi connectivity index (χ4n) is 2.36. The minimum atomic E-state index is -0.472. The number of nitrogens with zero attached hydrogens (tertiary/aromatic N) is 4. The van der Waals surface area contributed by atoms with Crippen molar-refractivity contribution in [2.75, 3.05) is 19.1 Å². The molecule has 0 saturated heterocycles. The van der Waals surface area contributed by atoms with Gasteiger partial charge in [0.2, 0.25) is 5.91 Å².